The van der Waals surface area contributed by atoms with Gasteiger partial charge in [0.25, 0.3) is 14.2 Å². The van der Waals surface area contributed by atoms with Crippen molar-refractivity contribution in [2.45, 2.75) is 84.6 Å². The normalized spacial score (nSPS) is 14.5. The molecule has 4 nitrogen and oxygen atoms in total. The van der Waals surface area contributed by atoms with Gasteiger partial charge in [-0.2, -0.15) is 0 Å². The zero-order valence-electron chi connectivity index (χ0n) is 14.0. The first-order valence-corrected chi connectivity index (χ1v) is 6.87. The minimum Gasteiger partial charge on any atom is -0.438 e. The van der Waals surface area contributed by atoms with Gasteiger partial charge in [0.15, 0.2) is 0 Å². The summed E-state index contributed by atoms with van der Waals surface area (Å²) in [4.78, 5) is 0. The molecule has 0 saturated carbocycles. The van der Waals surface area contributed by atoms with Gasteiger partial charge >= 0.3 is 0 Å². The molecule has 0 fully saturated rings. The fraction of sp³-hybridized carbons (Fsp3) is 1.00. The van der Waals surface area contributed by atoms with E-state index < -0.39 is 22.4 Å². The lowest BCUT2D eigenvalue weighted by atomic mass is 9.43. The molecule has 0 unspecified atom stereocenters. The standard InChI is InChI=1S/C13H30B2O4/c1-10(2,16)12(5,6)18-14-15(9)19-13(7,8)11(3,4)17/h14,16-17H,1-9H3. The van der Waals surface area contributed by atoms with Gasteiger partial charge in [0.05, 0.1) is 22.4 Å². The highest BCUT2D eigenvalue weighted by molar-refractivity contribution is 7.05. The van der Waals surface area contributed by atoms with Crippen LogP contribution in [-0.2, 0) is 9.31 Å². The van der Waals surface area contributed by atoms with Crippen molar-refractivity contribution < 1.29 is 19.5 Å². The lowest BCUT2D eigenvalue weighted by Crippen LogP contribution is -2.53. The Morgan fingerprint density at radius 3 is 1.47 bits per heavy atom. The summed E-state index contributed by atoms with van der Waals surface area (Å²) in [7, 11) is 0.358. The molecule has 0 rings (SSSR count). The molecule has 0 saturated heterocycles. The van der Waals surface area contributed by atoms with Crippen LogP contribution in [0.15, 0.2) is 0 Å². The quantitative estimate of drug-likeness (QED) is 0.691. The predicted octanol–water partition coefficient (Wildman–Crippen LogP) is 1.59. The summed E-state index contributed by atoms with van der Waals surface area (Å²) in [6.07, 6.45) is 0. The van der Waals surface area contributed by atoms with E-state index in [-0.39, 0.29) is 6.81 Å². The topological polar surface area (TPSA) is 58.9 Å². The minimum absolute atomic E-state index is 0.178. The molecule has 0 atom stereocenters. The Bertz CT molecular complexity index is 290. The van der Waals surface area contributed by atoms with Crippen LogP contribution >= 0.6 is 0 Å². The fourth-order valence-electron chi connectivity index (χ4n) is 1.18. The number of rotatable bonds is 7. The minimum atomic E-state index is -0.937. The zero-order chi connectivity index (χ0) is 15.7. The Balaban J connectivity index is 4.47. The summed E-state index contributed by atoms with van der Waals surface area (Å²) >= 11 is 0. The van der Waals surface area contributed by atoms with E-state index in [1.165, 1.54) is 0 Å². The van der Waals surface area contributed by atoms with Gasteiger partial charge in [0.1, 0.15) is 0 Å². The summed E-state index contributed by atoms with van der Waals surface area (Å²) in [5.74, 6) is 0. The van der Waals surface area contributed by atoms with Crippen LogP contribution in [0.5, 0.6) is 0 Å². The second kappa shape index (κ2) is 5.76. The molecule has 0 aliphatic rings. The highest BCUT2D eigenvalue weighted by atomic mass is 16.5. The molecule has 0 heterocycles. The van der Waals surface area contributed by atoms with E-state index in [0.717, 1.165) is 0 Å². The first kappa shape index (κ1) is 19.0. The molecule has 0 radical (unpaired) electrons. The summed E-state index contributed by atoms with van der Waals surface area (Å²) in [5.41, 5.74) is -3.20. The summed E-state index contributed by atoms with van der Waals surface area (Å²) in [6.45, 7) is 16.0. The Morgan fingerprint density at radius 2 is 1.16 bits per heavy atom. The average molecular weight is 272 g/mol. The molecule has 0 amide bonds. The molecule has 0 aliphatic carbocycles. The Labute approximate surface area is 119 Å². The van der Waals surface area contributed by atoms with E-state index in [1.807, 2.05) is 34.5 Å². The second-order valence-electron chi connectivity index (χ2n) is 7.38. The monoisotopic (exact) mass is 272 g/mol. The SMILES string of the molecule is CB(BOC(C)(C)C(C)(C)O)OC(C)(C)C(C)(C)O. The van der Waals surface area contributed by atoms with Crippen LogP contribution in [0.2, 0.25) is 6.82 Å². The van der Waals surface area contributed by atoms with Gasteiger partial charge in [0, 0.05) is 0 Å². The molecule has 0 aromatic carbocycles. The van der Waals surface area contributed by atoms with Crippen LogP contribution in [-0.4, -0.2) is 46.8 Å². The smallest absolute Gasteiger partial charge is 0.285 e. The van der Waals surface area contributed by atoms with E-state index in [0.29, 0.717) is 7.37 Å². The van der Waals surface area contributed by atoms with E-state index in [9.17, 15) is 10.2 Å². The molecule has 2 N–H and O–H groups in total. The van der Waals surface area contributed by atoms with E-state index in [1.54, 1.807) is 27.7 Å². The van der Waals surface area contributed by atoms with E-state index in [4.69, 9.17) is 9.31 Å². The van der Waals surface area contributed by atoms with Crippen molar-refractivity contribution in [2.75, 3.05) is 0 Å². The van der Waals surface area contributed by atoms with Crippen LogP contribution in [0, 0.1) is 0 Å². The van der Waals surface area contributed by atoms with Crippen molar-refractivity contribution in [1.29, 1.82) is 0 Å². The van der Waals surface area contributed by atoms with Crippen molar-refractivity contribution in [3.63, 3.8) is 0 Å². The maximum atomic E-state index is 10.0. The van der Waals surface area contributed by atoms with Crippen LogP contribution in [0.3, 0.4) is 0 Å². The summed E-state index contributed by atoms with van der Waals surface area (Å²) in [6, 6.07) is 0. The van der Waals surface area contributed by atoms with Crippen molar-refractivity contribution in [3.05, 3.63) is 0 Å². The first-order valence-electron chi connectivity index (χ1n) is 6.87. The highest BCUT2D eigenvalue weighted by Gasteiger charge is 2.40. The number of hydrogen-bond acceptors (Lipinski definition) is 4. The van der Waals surface area contributed by atoms with E-state index >= 15 is 0 Å². The number of hydrogen-bond donors (Lipinski definition) is 2. The molecular formula is C13H30B2O4. The average Bonchev–Trinajstić information content (AvgIpc) is 2.10. The van der Waals surface area contributed by atoms with Crippen LogP contribution < -0.4 is 0 Å². The molecular weight excluding hydrogens is 242 g/mol. The van der Waals surface area contributed by atoms with Gasteiger partial charge in [-0.05, 0) is 55.4 Å². The Morgan fingerprint density at radius 1 is 0.789 bits per heavy atom. The molecule has 0 spiro atoms. The Hall–Kier alpha value is -0.0301. The third-order valence-corrected chi connectivity index (χ3v) is 4.12. The lowest BCUT2D eigenvalue weighted by molar-refractivity contribution is -0.0966. The largest absolute Gasteiger partial charge is 0.438 e. The number of aliphatic hydroxyl groups is 2. The van der Waals surface area contributed by atoms with Gasteiger partial charge in [0.2, 0.25) is 0 Å². The molecule has 0 aromatic heterocycles. The third kappa shape index (κ3) is 5.46. The second-order valence-corrected chi connectivity index (χ2v) is 7.38. The zero-order valence-corrected chi connectivity index (χ0v) is 14.0. The van der Waals surface area contributed by atoms with Gasteiger partial charge in [-0.1, -0.05) is 6.82 Å². The van der Waals surface area contributed by atoms with Gasteiger partial charge in [-0.25, -0.2) is 0 Å². The molecule has 0 aliphatic heterocycles. The molecule has 112 valence electrons. The van der Waals surface area contributed by atoms with Crippen molar-refractivity contribution in [2.24, 2.45) is 0 Å². The van der Waals surface area contributed by atoms with Gasteiger partial charge in [-0.15, -0.1) is 0 Å². The van der Waals surface area contributed by atoms with Crippen LogP contribution in [0.4, 0.5) is 0 Å². The molecule has 0 aromatic rings. The predicted molar refractivity (Wildman–Crippen MR) is 81.7 cm³/mol. The van der Waals surface area contributed by atoms with Crippen molar-refractivity contribution >= 4 is 14.2 Å². The Kier molecular flexibility index (Phi) is 5.75. The summed E-state index contributed by atoms with van der Waals surface area (Å²) in [5, 5.41) is 20.1. The summed E-state index contributed by atoms with van der Waals surface area (Å²) < 4.78 is 11.6. The maximum absolute atomic E-state index is 10.0. The van der Waals surface area contributed by atoms with Crippen molar-refractivity contribution in [3.8, 4) is 0 Å². The van der Waals surface area contributed by atoms with Crippen molar-refractivity contribution in [1.82, 2.24) is 0 Å². The van der Waals surface area contributed by atoms with Gasteiger partial charge in [-0.3, -0.25) is 0 Å². The fourth-order valence-corrected chi connectivity index (χ4v) is 1.18. The van der Waals surface area contributed by atoms with Crippen LogP contribution in [0.25, 0.3) is 0 Å². The van der Waals surface area contributed by atoms with Gasteiger partial charge < -0.3 is 19.5 Å². The highest BCUT2D eigenvalue weighted by Crippen LogP contribution is 2.27. The maximum Gasteiger partial charge on any atom is 0.285 e. The van der Waals surface area contributed by atoms with Crippen LogP contribution in [0.1, 0.15) is 55.4 Å². The third-order valence-electron chi connectivity index (χ3n) is 4.12. The molecule has 19 heavy (non-hydrogen) atoms. The van der Waals surface area contributed by atoms with E-state index in [2.05, 4.69) is 0 Å². The molecule has 0 bridgehead atoms. The molecule has 6 heteroatoms. The first-order chi connectivity index (χ1) is 8.10. The lowest BCUT2D eigenvalue weighted by Gasteiger charge is -2.41.